The number of Topliss-reactive ketones (excluding diaryl/α,β-unsaturated/α-hetero) is 1. The average Bonchev–Trinajstić information content (AvgIpc) is 3.60. The van der Waals surface area contributed by atoms with Crippen molar-refractivity contribution in [2.75, 3.05) is 38.1 Å². The summed E-state index contributed by atoms with van der Waals surface area (Å²) in [6.45, 7) is 3.83. The van der Waals surface area contributed by atoms with E-state index in [1.165, 1.54) is 11.1 Å². The van der Waals surface area contributed by atoms with Crippen molar-refractivity contribution in [3.05, 3.63) is 95.6 Å². The maximum atomic E-state index is 13.1. The minimum absolute atomic E-state index is 0.0462. The Labute approximate surface area is 215 Å². The van der Waals surface area contributed by atoms with Crippen LogP contribution in [0.3, 0.4) is 0 Å². The highest BCUT2D eigenvalue weighted by Crippen LogP contribution is 2.23. The fourth-order valence-corrected chi connectivity index (χ4v) is 4.86. The van der Waals surface area contributed by atoms with Crippen LogP contribution in [0.15, 0.2) is 73.2 Å². The number of nitrogens with zero attached hydrogens (tertiary/aromatic N) is 5. The second-order valence-electron chi connectivity index (χ2n) is 9.78. The summed E-state index contributed by atoms with van der Waals surface area (Å²) in [4.78, 5) is 21.0. The molecule has 6 rings (SSSR count). The molecule has 37 heavy (non-hydrogen) atoms. The normalized spacial score (nSPS) is 14.4. The van der Waals surface area contributed by atoms with Gasteiger partial charge in [0.2, 0.25) is 0 Å². The molecule has 4 heterocycles. The molecular weight excluding hydrogens is 462 g/mol. The SMILES string of the molecule is CN1CCN(c2cc(CC(=O)c3cc4ccc(Cc5ccc(-c6cn[nH]c6)cc5)cc4[nH]3)cnn2)CC1. The third-order valence-electron chi connectivity index (χ3n) is 7.07. The number of hydrogen-bond acceptors (Lipinski definition) is 6. The molecule has 0 radical (unpaired) electrons. The first-order chi connectivity index (χ1) is 18.1. The van der Waals surface area contributed by atoms with E-state index in [1.54, 1.807) is 6.20 Å². The van der Waals surface area contributed by atoms with Gasteiger partial charge in [0.15, 0.2) is 11.6 Å². The number of rotatable bonds is 7. The molecule has 8 heteroatoms. The fourth-order valence-electron chi connectivity index (χ4n) is 4.86. The molecule has 0 unspecified atom stereocenters. The predicted octanol–water partition coefficient (Wildman–Crippen LogP) is 4.12. The molecule has 3 aromatic heterocycles. The predicted molar refractivity (Wildman–Crippen MR) is 145 cm³/mol. The number of nitrogens with one attached hydrogen (secondary N) is 2. The minimum Gasteiger partial charge on any atom is -0.353 e. The molecule has 0 saturated carbocycles. The number of piperazine rings is 1. The van der Waals surface area contributed by atoms with Crippen LogP contribution in [0, 0.1) is 0 Å². The molecule has 1 saturated heterocycles. The van der Waals surface area contributed by atoms with E-state index < -0.39 is 0 Å². The lowest BCUT2D eigenvalue weighted by Gasteiger charge is -2.32. The molecule has 0 bridgehead atoms. The first-order valence-corrected chi connectivity index (χ1v) is 12.6. The molecule has 1 aliphatic heterocycles. The van der Waals surface area contributed by atoms with Crippen molar-refractivity contribution in [1.82, 2.24) is 30.3 Å². The van der Waals surface area contributed by atoms with E-state index in [1.807, 2.05) is 24.5 Å². The Balaban J connectivity index is 1.14. The third kappa shape index (κ3) is 5.15. The summed E-state index contributed by atoms with van der Waals surface area (Å²) in [6.07, 6.45) is 6.52. The summed E-state index contributed by atoms with van der Waals surface area (Å²) in [5.74, 6) is 0.891. The monoisotopic (exact) mass is 491 g/mol. The van der Waals surface area contributed by atoms with E-state index in [0.717, 1.165) is 66.0 Å². The topological polar surface area (TPSA) is 93.8 Å². The fraction of sp³-hybridized carbons (Fsp3) is 0.241. The Morgan fingerprint density at radius 1 is 0.892 bits per heavy atom. The highest BCUT2D eigenvalue weighted by atomic mass is 16.1. The van der Waals surface area contributed by atoms with Crippen molar-refractivity contribution < 1.29 is 4.79 Å². The number of ketones is 1. The number of benzene rings is 2. The summed E-state index contributed by atoms with van der Waals surface area (Å²) in [5, 5.41) is 16.4. The number of carbonyl (C=O) groups excluding carboxylic acids is 1. The quantitative estimate of drug-likeness (QED) is 0.333. The zero-order valence-corrected chi connectivity index (χ0v) is 20.8. The molecule has 0 amide bonds. The zero-order chi connectivity index (χ0) is 25.2. The number of hydrogen-bond donors (Lipinski definition) is 2. The van der Waals surface area contributed by atoms with Gasteiger partial charge in [-0.05, 0) is 53.9 Å². The van der Waals surface area contributed by atoms with Crippen LogP contribution in [-0.2, 0) is 12.8 Å². The molecule has 2 aromatic carbocycles. The van der Waals surface area contributed by atoms with Gasteiger partial charge in [0.25, 0.3) is 0 Å². The maximum absolute atomic E-state index is 13.1. The first-order valence-electron chi connectivity index (χ1n) is 12.6. The second-order valence-corrected chi connectivity index (χ2v) is 9.78. The van der Waals surface area contributed by atoms with Crippen molar-refractivity contribution in [2.45, 2.75) is 12.8 Å². The van der Waals surface area contributed by atoms with Crippen LogP contribution in [0.5, 0.6) is 0 Å². The van der Waals surface area contributed by atoms with Crippen molar-refractivity contribution in [3.8, 4) is 11.1 Å². The number of H-pyrrole nitrogens is 2. The molecule has 186 valence electrons. The van der Waals surface area contributed by atoms with Gasteiger partial charge in [-0.25, -0.2) is 0 Å². The maximum Gasteiger partial charge on any atom is 0.183 e. The molecule has 2 N–H and O–H groups in total. The van der Waals surface area contributed by atoms with Gasteiger partial charge in [0.05, 0.1) is 18.1 Å². The van der Waals surface area contributed by atoms with Gasteiger partial charge >= 0.3 is 0 Å². The van der Waals surface area contributed by atoms with Gasteiger partial charge in [-0.2, -0.15) is 10.2 Å². The van der Waals surface area contributed by atoms with Crippen molar-refractivity contribution in [1.29, 1.82) is 0 Å². The van der Waals surface area contributed by atoms with Crippen LogP contribution in [0.25, 0.3) is 22.0 Å². The molecule has 5 aromatic rings. The van der Waals surface area contributed by atoms with E-state index in [2.05, 4.69) is 84.7 Å². The van der Waals surface area contributed by atoms with E-state index >= 15 is 0 Å². The van der Waals surface area contributed by atoms with Gasteiger partial charge in [0.1, 0.15) is 0 Å². The van der Waals surface area contributed by atoms with Crippen molar-refractivity contribution in [3.63, 3.8) is 0 Å². The summed E-state index contributed by atoms with van der Waals surface area (Å²) < 4.78 is 0. The van der Waals surface area contributed by atoms with E-state index in [0.29, 0.717) is 12.1 Å². The smallest absolute Gasteiger partial charge is 0.183 e. The van der Waals surface area contributed by atoms with Gasteiger partial charge in [-0.1, -0.05) is 36.4 Å². The number of likely N-dealkylation sites (N-methyl/N-ethyl adjacent to an activating group) is 1. The van der Waals surface area contributed by atoms with Crippen LogP contribution in [0.2, 0.25) is 0 Å². The van der Waals surface area contributed by atoms with E-state index in [9.17, 15) is 4.79 Å². The van der Waals surface area contributed by atoms with Gasteiger partial charge < -0.3 is 14.8 Å². The molecule has 8 nitrogen and oxygen atoms in total. The van der Waals surface area contributed by atoms with Crippen LogP contribution >= 0.6 is 0 Å². The Bertz CT molecular complexity index is 1510. The summed E-state index contributed by atoms with van der Waals surface area (Å²) in [7, 11) is 2.13. The van der Waals surface area contributed by atoms with Gasteiger partial charge in [0, 0.05) is 55.3 Å². The molecule has 0 spiro atoms. The number of carbonyl (C=O) groups is 1. The number of fused-ring (bicyclic) bond motifs is 1. The zero-order valence-electron chi connectivity index (χ0n) is 20.8. The van der Waals surface area contributed by atoms with Gasteiger partial charge in [-0.3, -0.25) is 9.89 Å². The molecule has 1 aliphatic rings. The summed E-state index contributed by atoms with van der Waals surface area (Å²) in [5.41, 5.74) is 7.12. The largest absolute Gasteiger partial charge is 0.353 e. The number of aromatic amines is 2. The van der Waals surface area contributed by atoms with Gasteiger partial charge in [-0.15, -0.1) is 5.10 Å². The second kappa shape index (κ2) is 9.99. The highest BCUT2D eigenvalue weighted by Gasteiger charge is 2.17. The molecule has 1 fully saturated rings. The van der Waals surface area contributed by atoms with Crippen molar-refractivity contribution in [2.24, 2.45) is 0 Å². The van der Waals surface area contributed by atoms with Crippen LogP contribution in [0.1, 0.15) is 27.2 Å². The molecular formula is C29H29N7O. The Kier molecular flexibility index (Phi) is 6.24. The van der Waals surface area contributed by atoms with Crippen LogP contribution in [0.4, 0.5) is 5.82 Å². The van der Waals surface area contributed by atoms with E-state index in [4.69, 9.17) is 0 Å². The minimum atomic E-state index is 0.0462. The lowest BCUT2D eigenvalue weighted by Crippen LogP contribution is -2.44. The number of aromatic nitrogens is 5. The summed E-state index contributed by atoms with van der Waals surface area (Å²) in [6, 6.07) is 18.8. The number of anilines is 1. The Morgan fingerprint density at radius 2 is 1.70 bits per heavy atom. The first kappa shape index (κ1) is 23.1. The van der Waals surface area contributed by atoms with Crippen molar-refractivity contribution >= 4 is 22.5 Å². The van der Waals surface area contributed by atoms with E-state index in [-0.39, 0.29) is 5.78 Å². The summed E-state index contributed by atoms with van der Waals surface area (Å²) >= 11 is 0. The lowest BCUT2D eigenvalue weighted by molar-refractivity contribution is 0.0989. The molecule has 0 aliphatic carbocycles. The third-order valence-corrected chi connectivity index (χ3v) is 7.07. The Hall–Kier alpha value is -4.30. The standard InChI is InChI=1S/C29H29N7O/c1-35-8-10-36(11-9-35)29-15-22(17-32-34-29)14-28(37)27-16-24-7-4-21(13-26(24)33-27)12-20-2-5-23(6-3-20)25-18-30-31-19-25/h2-7,13,15-19,33H,8-12,14H2,1H3,(H,30,31). The molecule has 0 atom stereocenters. The van der Waals surface area contributed by atoms with Crippen LogP contribution in [-0.4, -0.2) is 69.3 Å². The highest BCUT2D eigenvalue weighted by molar-refractivity contribution is 6.00. The average molecular weight is 492 g/mol. The Morgan fingerprint density at radius 3 is 2.49 bits per heavy atom. The van der Waals surface area contributed by atoms with Crippen LogP contribution < -0.4 is 4.90 Å². The lowest BCUT2D eigenvalue weighted by atomic mass is 10.0.